The first-order chi connectivity index (χ1) is 11.3. The Hall–Kier alpha value is -2.84. The number of benzene rings is 1. The number of anilines is 1. The monoisotopic (exact) mass is 338 g/mol. The van der Waals surface area contributed by atoms with Crippen LogP contribution in [0.4, 0.5) is 24.8 Å². The zero-order chi connectivity index (χ0) is 17.3. The largest absolute Gasteiger partial charge is 0.419 e. The van der Waals surface area contributed by atoms with Crippen LogP contribution in [0.15, 0.2) is 29.1 Å². The first kappa shape index (κ1) is 16.0. The van der Waals surface area contributed by atoms with E-state index < -0.39 is 11.7 Å². The molecule has 6 nitrogen and oxygen atoms in total. The van der Waals surface area contributed by atoms with Gasteiger partial charge in [0.15, 0.2) is 0 Å². The third-order valence-corrected chi connectivity index (χ3v) is 3.70. The van der Waals surface area contributed by atoms with Gasteiger partial charge in [-0.25, -0.2) is 9.98 Å². The second-order valence-electron chi connectivity index (χ2n) is 5.40. The van der Waals surface area contributed by atoms with Gasteiger partial charge in [-0.15, -0.1) is 4.98 Å². The van der Waals surface area contributed by atoms with Crippen LogP contribution in [0.1, 0.15) is 23.2 Å². The molecule has 0 atom stereocenters. The Labute approximate surface area is 134 Å². The average molecular weight is 338 g/mol. The molecule has 0 saturated carbocycles. The van der Waals surface area contributed by atoms with Crippen molar-refractivity contribution in [3.8, 4) is 0 Å². The van der Waals surface area contributed by atoms with Crippen molar-refractivity contribution < 1.29 is 18.2 Å². The van der Waals surface area contributed by atoms with Crippen LogP contribution in [-0.4, -0.2) is 15.9 Å². The van der Waals surface area contributed by atoms with Crippen molar-refractivity contribution in [1.82, 2.24) is 9.97 Å². The van der Waals surface area contributed by atoms with Gasteiger partial charge in [-0.05, 0) is 25.0 Å². The quantitative estimate of drug-likeness (QED) is 0.471. The summed E-state index contributed by atoms with van der Waals surface area (Å²) in [5.74, 6) is -0.0806. The van der Waals surface area contributed by atoms with Gasteiger partial charge in [0, 0.05) is 6.42 Å². The predicted molar refractivity (Wildman–Crippen MR) is 81.8 cm³/mol. The predicted octanol–water partition coefficient (Wildman–Crippen LogP) is 0.416. The molecule has 1 aromatic heterocycles. The zero-order valence-corrected chi connectivity index (χ0v) is 12.5. The van der Waals surface area contributed by atoms with E-state index in [1.807, 2.05) is 0 Å². The van der Waals surface area contributed by atoms with Crippen LogP contribution in [0.5, 0.6) is 0 Å². The highest BCUT2D eigenvalue weighted by Crippen LogP contribution is 2.34. The van der Waals surface area contributed by atoms with E-state index in [4.69, 9.17) is 5.73 Å². The van der Waals surface area contributed by atoms with E-state index >= 15 is 0 Å². The maximum atomic E-state index is 13.0. The number of aryl methyl sites for hydroxylation is 1. The molecule has 1 aliphatic rings. The number of hydrogen-bond donors (Lipinski definition) is 4. The number of halogens is 3. The van der Waals surface area contributed by atoms with Crippen molar-refractivity contribution in [3.63, 3.8) is 0 Å². The summed E-state index contributed by atoms with van der Waals surface area (Å²) >= 11 is 0. The van der Waals surface area contributed by atoms with Gasteiger partial charge in [0.2, 0.25) is 0 Å². The lowest BCUT2D eigenvalue weighted by Crippen LogP contribution is -2.73. The Morgan fingerprint density at radius 1 is 1.29 bits per heavy atom. The lowest BCUT2D eigenvalue weighted by Gasteiger charge is -2.11. The molecule has 0 spiro atoms. The van der Waals surface area contributed by atoms with Gasteiger partial charge >= 0.3 is 12.1 Å². The Balaban J connectivity index is 1.89. The highest BCUT2D eigenvalue weighted by Gasteiger charge is 2.34. The first-order valence-corrected chi connectivity index (χ1v) is 7.29. The lowest BCUT2D eigenvalue weighted by molar-refractivity contribution is -0.365. The third-order valence-electron chi connectivity index (χ3n) is 3.70. The molecule has 5 N–H and O–H groups in total. The fourth-order valence-electron chi connectivity index (χ4n) is 2.64. The van der Waals surface area contributed by atoms with E-state index in [-0.39, 0.29) is 23.2 Å². The third kappa shape index (κ3) is 3.24. The molecule has 0 radical (unpaired) electrons. The minimum Gasteiger partial charge on any atom is -0.322 e. The molecule has 0 fully saturated rings. The van der Waals surface area contributed by atoms with Crippen molar-refractivity contribution in [2.75, 3.05) is 5.32 Å². The summed E-state index contributed by atoms with van der Waals surface area (Å²) in [5, 5.41) is 2.45. The molecule has 1 heterocycles. The highest BCUT2D eigenvalue weighted by atomic mass is 19.4. The number of para-hydroxylation sites is 1. The number of nitrogens with one attached hydrogen (secondary N) is 3. The maximum absolute atomic E-state index is 13.0. The maximum Gasteiger partial charge on any atom is 0.419 e. The number of nitrogens with two attached hydrogens (primary N) is 1. The van der Waals surface area contributed by atoms with Crippen molar-refractivity contribution in [2.24, 2.45) is 5.73 Å². The fourth-order valence-corrected chi connectivity index (χ4v) is 2.64. The van der Waals surface area contributed by atoms with E-state index in [2.05, 4.69) is 20.3 Å². The molecular formula is C15H15F3N5O+. The topological polar surface area (TPSA) is 97.8 Å². The van der Waals surface area contributed by atoms with Gasteiger partial charge in [0.05, 0.1) is 22.5 Å². The smallest absolute Gasteiger partial charge is 0.322 e. The average Bonchev–Trinajstić information content (AvgIpc) is 2.95. The molecule has 24 heavy (non-hydrogen) atoms. The second kappa shape index (κ2) is 5.99. The Bertz CT molecular complexity index is 857. The summed E-state index contributed by atoms with van der Waals surface area (Å²) in [6.45, 7) is 0. The molecule has 126 valence electrons. The van der Waals surface area contributed by atoms with Crippen LogP contribution in [0.25, 0.3) is 0 Å². The standard InChI is InChI=1S/C15H14F3N5O/c16-15(17,18)9-5-1-2-6-11(9)20-13(19)23-14-21-10-7-3-4-8(10)12(24)22-14/h1-2,5-6H,3-4,7H2,(H4,19,20,21,22,23,24)/p+1. The number of alkyl halides is 3. The molecule has 0 aliphatic heterocycles. The van der Waals surface area contributed by atoms with E-state index in [1.54, 1.807) is 0 Å². The Kier molecular flexibility index (Phi) is 4.00. The molecule has 2 aromatic rings. The number of aromatic nitrogens is 2. The molecular weight excluding hydrogens is 323 g/mol. The summed E-state index contributed by atoms with van der Waals surface area (Å²) in [6.07, 6.45) is -2.29. The van der Waals surface area contributed by atoms with Gasteiger partial charge < -0.3 is 5.73 Å². The number of rotatable bonds is 2. The van der Waals surface area contributed by atoms with Crippen molar-refractivity contribution in [2.45, 2.75) is 25.4 Å². The van der Waals surface area contributed by atoms with Crippen LogP contribution in [0.2, 0.25) is 0 Å². The van der Waals surface area contributed by atoms with E-state index in [1.165, 1.54) is 18.2 Å². The molecule has 0 unspecified atom stereocenters. The van der Waals surface area contributed by atoms with Crippen LogP contribution in [0.3, 0.4) is 0 Å². The number of guanidine groups is 1. The van der Waals surface area contributed by atoms with E-state index in [9.17, 15) is 18.0 Å². The van der Waals surface area contributed by atoms with Gasteiger partial charge in [0.1, 0.15) is 0 Å². The SMILES string of the molecule is NC(Nc1ccccc1C(F)(F)F)=[NH+]c1nc2c(c(=O)[nH]1)CCC2. The van der Waals surface area contributed by atoms with E-state index in [0.29, 0.717) is 24.1 Å². The summed E-state index contributed by atoms with van der Waals surface area (Å²) < 4.78 is 38.9. The van der Waals surface area contributed by atoms with Gasteiger partial charge in [-0.3, -0.25) is 10.1 Å². The van der Waals surface area contributed by atoms with Gasteiger partial charge in [-0.1, -0.05) is 12.1 Å². The Morgan fingerprint density at radius 2 is 2.04 bits per heavy atom. The molecule has 1 aromatic carbocycles. The molecule has 9 heteroatoms. The number of nitrogens with zero attached hydrogens (tertiary/aromatic N) is 1. The first-order valence-electron chi connectivity index (χ1n) is 7.29. The number of H-pyrrole nitrogens is 1. The molecule has 0 bridgehead atoms. The zero-order valence-electron chi connectivity index (χ0n) is 12.5. The normalized spacial score (nSPS) is 14.5. The number of hydrogen-bond acceptors (Lipinski definition) is 2. The van der Waals surface area contributed by atoms with Crippen molar-refractivity contribution >= 4 is 17.6 Å². The minimum atomic E-state index is -4.51. The van der Waals surface area contributed by atoms with Crippen LogP contribution in [0, 0.1) is 0 Å². The van der Waals surface area contributed by atoms with Crippen LogP contribution < -0.4 is 21.6 Å². The van der Waals surface area contributed by atoms with Crippen LogP contribution >= 0.6 is 0 Å². The number of aromatic amines is 1. The molecule has 3 rings (SSSR count). The van der Waals surface area contributed by atoms with Gasteiger partial charge in [-0.2, -0.15) is 13.2 Å². The molecule has 0 saturated heterocycles. The summed E-state index contributed by atoms with van der Waals surface area (Å²) in [7, 11) is 0. The second-order valence-corrected chi connectivity index (χ2v) is 5.40. The molecule has 0 amide bonds. The Morgan fingerprint density at radius 3 is 2.79 bits per heavy atom. The van der Waals surface area contributed by atoms with Crippen molar-refractivity contribution in [1.29, 1.82) is 0 Å². The van der Waals surface area contributed by atoms with Crippen LogP contribution in [-0.2, 0) is 19.0 Å². The van der Waals surface area contributed by atoms with Crippen molar-refractivity contribution in [3.05, 3.63) is 51.4 Å². The van der Waals surface area contributed by atoms with E-state index in [0.717, 1.165) is 12.5 Å². The summed E-state index contributed by atoms with van der Waals surface area (Å²) in [6, 6.07) is 4.96. The summed E-state index contributed by atoms with van der Waals surface area (Å²) in [4.78, 5) is 21.3. The number of fused-ring (bicyclic) bond motifs is 1. The highest BCUT2D eigenvalue weighted by molar-refractivity contribution is 5.89. The fraction of sp³-hybridized carbons (Fsp3) is 0.267. The summed E-state index contributed by atoms with van der Waals surface area (Å²) in [5.41, 5.74) is 5.74. The lowest BCUT2D eigenvalue weighted by atomic mass is 10.1. The van der Waals surface area contributed by atoms with Gasteiger partial charge in [0.25, 0.3) is 11.5 Å². The minimum absolute atomic E-state index is 0.0927. The molecule has 1 aliphatic carbocycles.